The molecule has 1 aromatic heterocycles. The Kier molecular flexibility index (Phi) is 3.54. The maximum Gasteiger partial charge on any atom is 0.333 e. The highest BCUT2D eigenvalue weighted by Gasteiger charge is 2.23. The number of benzene rings is 2. The first-order chi connectivity index (χ1) is 11.7. The van der Waals surface area contributed by atoms with Crippen LogP contribution >= 0.6 is 0 Å². The van der Waals surface area contributed by atoms with E-state index >= 15 is 0 Å². The summed E-state index contributed by atoms with van der Waals surface area (Å²) < 4.78 is 1.50. The number of nitrogens with zero attached hydrogens (tertiary/aromatic N) is 3. The van der Waals surface area contributed by atoms with E-state index in [9.17, 15) is 9.90 Å². The third-order valence-corrected chi connectivity index (χ3v) is 4.29. The number of amides is 1. The van der Waals surface area contributed by atoms with E-state index in [1.807, 2.05) is 24.3 Å². The largest absolute Gasteiger partial charge is 0.508 e. The van der Waals surface area contributed by atoms with E-state index in [0.717, 1.165) is 24.1 Å². The fourth-order valence-corrected chi connectivity index (χ4v) is 3.11. The Hall–Kier alpha value is -3.08. The molecule has 3 aromatic rings. The van der Waals surface area contributed by atoms with Crippen molar-refractivity contribution in [1.82, 2.24) is 9.55 Å². The minimum absolute atomic E-state index is 0.110. The smallest absolute Gasteiger partial charge is 0.333 e. The van der Waals surface area contributed by atoms with Gasteiger partial charge in [0.05, 0.1) is 5.69 Å². The second-order valence-electron chi connectivity index (χ2n) is 5.88. The van der Waals surface area contributed by atoms with Crippen LogP contribution in [0.15, 0.2) is 61.1 Å². The second kappa shape index (κ2) is 5.85. The number of para-hydroxylation sites is 1. The molecule has 2 heterocycles. The molecular weight excluding hydrogens is 302 g/mol. The van der Waals surface area contributed by atoms with Crippen LogP contribution in [-0.4, -0.2) is 27.2 Å². The van der Waals surface area contributed by atoms with Gasteiger partial charge in [0.15, 0.2) is 0 Å². The predicted octanol–water partition coefficient (Wildman–Crippen LogP) is 3.68. The van der Waals surface area contributed by atoms with Gasteiger partial charge < -0.3 is 5.11 Å². The van der Waals surface area contributed by atoms with Gasteiger partial charge in [-0.25, -0.2) is 9.78 Å². The second-order valence-corrected chi connectivity index (χ2v) is 5.88. The molecular formula is C19H17N3O2. The highest BCUT2D eigenvalue weighted by atomic mass is 16.3. The summed E-state index contributed by atoms with van der Waals surface area (Å²) in [5.74, 6) is 0.179. The summed E-state index contributed by atoms with van der Waals surface area (Å²) in [4.78, 5) is 19.0. The van der Waals surface area contributed by atoms with Gasteiger partial charge in [-0.15, -0.1) is 0 Å². The summed E-state index contributed by atoms with van der Waals surface area (Å²) in [5, 5.41) is 9.59. The lowest BCUT2D eigenvalue weighted by atomic mass is 10.0. The van der Waals surface area contributed by atoms with Gasteiger partial charge in [0.2, 0.25) is 0 Å². The molecule has 1 aliphatic heterocycles. The van der Waals surface area contributed by atoms with E-state index in [2.05, 4.69) is 11.1 Å². The lowest BCUT2D eigenvalue weighted by Gasteiger charge is -2.29. The Bertz CT molecular complexity index is 901. The van der Waals surface area contributed by atoms with Crippen molar-refractivity contribution in [3.8, 4) is 17.0 Å². The van der Waals surface area contributed by atoms with Crippen LogP contribution in [0.3, 0.4) is 0 Å². The number of hydrogen-bond acceptors (Lipinski definition) is 3. The van der Waals surface area contributed by atoms with E-state index in [-0.39, 0.29) is 11.8 Å². The molecule has 0 unspecified atom stereocenters. The summed E-state index contributed by atoms with van der Waals surface area (Å²) in [6.07, 6.45) is 5.18. The van der Waals surface area contributed by atoms with Gasteiger partial charge in [0, 0.05) is 24.0 Å². The van der Waals surface area contributed by atoms with Crippen molar-refractivity contribution < 1.29 is 9.90 Å². The van der Waals surface area contributed by atoms with Gasteiger partial charge in [-0.2, -0.15) is 0 Å². The average molecular weight is 319 g/mol. The monoisotopic (exact) mass is 319 g/mol. The number of hydrogen-bond donors (Lipinski definition) is 1. The molecule has 0 aliphatic carbocycles. The minimum atomic E-state index is -0.110. The number of phenols is 1. The van der Waals surface area contributed by atoms with E-state index in [1.165, 1.54) is 16.5 Å². The summed E-state index contributed by atoms with van der Waals surface area (Å²) >= 11 is 0. The minimum Gasteiger partial charge on any atom is -0.508 e. The molecule has 0 saturated heterocycles. The molecule has 0 atom stereocenters. The molecule has 24 heavy (non-hydrogen) atoms. The molecule has 5 nitrogen and oxygen atoms in total. The third kappa shape index (κ3) is 2.54. The zero-order valence-corrected chi connectivity index (χ0v) is 13.1. The lowest BCUT2D eigenvalue weighted by molar-refractivity contribution is 0.247. The van der Waals surface area contributed by atoms with Crippen LogP contribution in [0, 0.1) is 0 Å². The predicted molar refractivity (Wildman–Crippen MR) is 92.2 cm³/mol. The zero-order valence-electron chi connectivity index (χ0n) is 13.1. The topological polar surface area (TPSA) is 58.4 Å². The molecule has 120 valence electrons. The van der Waals surface area contributed by atoms with Crippen LogP contribution in [0.1, 0.15) is 12.0 Å². The summed E-state index contributed by atoms with van der Waals surface area (Å²) in [7, 11) is 0. The standard InChI is InChI=1S/C19H17N3O2/c23-16-8-3-6-15(11-16)17-12-21(13-20-17)19(24)22-10-4-7-14-5-1-2-9-18(14)22/h1-3,5-6,8-9,11-13,23H,4,7,10H2. The van der Waals surface area contributed by atoms with E-state index in [1.54, 1.807) is 29.3 Å². The van der Waals surface area contributed by atoms with Crippen LogP contribution in [0.2, 0.25) is 0 Å². The maximum atomic E-state index is 12.9. The van der Waals surface area contributed by atoms with Crippen molar-refractivity contribution in [2.24, 2.45) is 0 Å². The highest BCUT2D eigenvalue weighted by Crippen LogP contribution is 2.28. The Morgan fingerprint density at radius 1 is 1.12 bits per heavy atom. The molecule has 4 rings (SSSR count). The molecule has 2 aromatic carbocycles. The number of aromatic nitrogens is 2. The highest BCUT2D eigenvalue weighted by molar-refractivity contribution is 5.95. The van der Waals surface area contributed by atoms with Crippen molar-refractivity contribution >= 4 is 11.7 Å². The SMILES string of the molecule is O=C(N1CCCc2ccccc21)n1cnc(-c2cccc(O)c2)c1. The molecule has 0 bridgehead atoms. The van der Waals surface area contributed by atoms with Crippen molar-refractivity contribution in [2.45, 2.75) is 12.8 Å². The zero-order chi connectivity index (χ0) is 16.5. The Labute approximate surface area is 139 Å². The van der Waals surface area contributed by atoms with E-state index in [4.69, 9.17) is 0 Å². The molecule has 0 spiro atoms. The first kappa shape index (κ1) is 14.5. The van der Waals surface area contributed by atoms with Crippen LogP contribution in [-0.2, 0) is 6.42 Å². The Morgan fingerprint density at radius 3 is 2.88 bits per heavy atom. The lowest BCUT2D eigenvalue weighted by Crippen LogP contribution is -2.38. The van der Waals surface area contributed by atoms with E-state index in [0.29, 0.717) is 12.2 Å². The fraction of sp³-hybridized carbons (Fsp3) is 0.158. The molecule has 1 aliphatic rings. The number of anilines is 1. The molecule has 1 N–H and O–H groups in total. The van der Waals surface area contributed by atoms with Gasteiger partial charge in [-0.05, 0) is 36.6 Å². The molecule has 0 saturated carbocycles. The normalized spacial score (nSPS) is 13.6. The van der Waals surface area contributed by atoms with Crippen molar-refractivity contribution in [1.29, 1.82) is 0 Å². The quantitative estimate of drug-likeness (QED) is 0.744. The van der Waals surface area contributed by atoms with Gasteiger partial charge in [-0.3, -0.25) is 9.47 Å². The number of carbonyl (C=O) groups is 1. The van der Waals surface area contributed by atoms with Gasteiger partial charge >= 0.3 is 6.03 Å². The number of carbonyl (C=O) groups excluding carboxylic acids is 1. The van der Waals surface area contributed by atoms with Crippen LogP contribution in [0.5, 0.6) is 5.75 Å². The van der Waals surface area contributed by atoms with Crippen molar-refractivity contribution in [3.63, 3.8) is 0 Å². The van der Waals surface area contributed by atoms with Gasteiger partial charge in [-0.1, -0.05) is 30.3 Å². The van der Waals surface area contributed by atoms with Gasteiger partial charge in [0.1, 0.15) is 12.1 Å². The van der Waals surface area contributed by atoms with E-state index < -0.39 is 0 Å². The number of fused-ring (bicyclic) bond motifs is 1. The number of aryl methyl sites for hydroxylation is 1. The molecule has 0 fully saturated rings. The van der Waals surface area contributed by atoms with Gasteiger partial charge in [0.25, 0.3) is 0 Å². The van der Waals surface area contributed by atoms with Crippen LogP contribution in [0.25, 0.3) is 11.3 Å². The maximum absolute atomic E-state index is 12.9. The Balaban J connectivity index is 1.65. The molecule has 5 heteroatoms. The number of rotatable bonds is 1. The number of phenolic OH excluding ortho intramolecular Hbond substituents is 1. The number of imidazole rings is 1. The van der Waals surface area contributed by atoms with Crippen LogP contribution < -0.4 is 4.90 Å². The van der Waals surface area contributed by atoms with Crippen molar-refractivity contribution in [3.05, 3.63) is 66.6 Å². The molecule has 0 radical (unpaired) electrons. The first-order valence-corrected chi connectivity index (χ1v) is 7.95. The summed E-state index contributed by atoms with van der Waals surface area (Å²) in [6, 6.07) is 14.8. The first-order valence-electron chi connectivity index (χ1n) is 7.95. The van der Waals surface area contributed by atoms with Crippen LogP contribution in [0.4, 0.5) is 10.5 Å². The summed E-state index contributed by atoms with van der Waals surface area (Å²) in [6.45, 7) is 0.704. The third-order valence-electron chi connectivity index (χ3n) is 4.29. The fourth-order valence-electron chi connectivity index (χ4n) is 3.11. The number of aromatic hydroxyl groups is 1. The van der Waals surface area contributed by atoms with Crippen molar-refractivity contribution in [2.75, 3.05) is 11.4 Å². The Morgan fingerprint density at radius 2 is 2.00 bits per heavy atom. The molecule has 1 amide bonds. The summed E-state index contributed by atoms with van der Waals surface area (Å²) in [5.41, 5.74) is 3.61. The average Bonchev–Trinajstić information content (AvgIpc) is 3.11.